The van der Waals surface area contributed by atoms with Gasteiger partial charge in [0.25, 0.3) is 0 Å². The van der Waals surface area contributed by atoms with Crippen LogP contribution in [0.1, 0.15) is 284 Å². The highest BCUT2D eigenvalue weighted by atomic mass is 16.6. The predicted octanol–water partition coefficient (Wildman–Crippen LogP) is 16.6. The van der Waals surface area contributed by atoms with Crippen LogP contribution in [0.15, 0.2) is 12.2 Å². The summed E-state index contributed by atoms with van der Waals surface area (Å²) in [6.45, 7) is 4.80. The SMILES string of the molecule is CCCCCCCCCCCCC/C=C/CCCCCCCCCC(=O)OCC(COCCC(C(=O)O)[N+](C)(C)C)OC(=O)CCCCCCCCCCCCCCCCCCCCC. The smallest absolute Gasteiger partial charge is 0.362 e. The highest BCUT2D eigenvalue weighted by Crippen LogP contribution is 2.17. The van der Waals surface area contributed by atoms with Crippen molar-refractivity contribution in [3.05, 3.63) is 12.2 Å². The van der Waals surface area contributed by atoms with Crippen molar-refractivity contribution >= 4 is 17.9 Å². The average Bonchev–Trinajstić information content (AvgIpc) is 3.27. The van der Waals surface area contributed by atoms with Crippen LogP contribution in [-0.2, 0) is 28.6 Å². The number of aliphatic carboxylic acids is 1. The lowest BCUT2D eigenvalue weighted by Crippen LogP contribution is -2.50. The largest absolute Gasteiger partial charge is 0.477 e. The molecule has 0 saturated carbocycles. The zero-order valence-corrected chi connectivity index (χ0v) is 44.0. The van der Waals surface area contributed by atoms with E-state index in [1.165, 1.54) is 212 Å². The fourth-order valence-corrected chi connectivity index (χ4v) is 8.80. The van der Waals surface area contributed by atoms with Crippen LogP contribution in [0.5, 0.6) is 0 Å². The zero-order valence-electron chi connectivity index (χ0n) is 44.0. The number of carboxylic acids is 1. The number of esters is 2. The molecule has 0 aromatic rings. The van der Waals surface area contributed by atoms with Gasteiger partial charge in [0, 0.05) is 19.3 Å². The van der Waals surface area contributed by atoms with Crippen LogP contribution in [0, 0.1) is 0 Å². The van der Waals surface area contributed by atoms with Crippen LogP contribution in [0.4, 0.5) is 0 Å². The van der Waals surface area contributed by atoms with Gasteiger partial charge in [-0.2, -0.15) is 0 Å². The first-order valence-electron chi connectivity index (χ1n) is 28.2. The second kappa shape index (κ2) is 48.5. The van der Waals surface area contributed by atoms with Gasteiger partial charge < -0.3 is 23.8 Å². The molecule has 0 spiro atoms. The number of hydrogen-bond acceptors (Lipinski definition) is 6. The average molecular weight is 922 g/mol. The van der Waals surface area contributed by atoms with Crippen molar-refractivity contribution in [3.8, 4) is 0 Å². The lowest BCUT2D eigenvalue weighted by molar-refractivity contribution is -0.887. The van der Waals surface area contributed by atoms with E-state index < -0.39 is 18.1 Å². The van der Waals surface area contributed by atoms with Crippen molar-refractivity contribution in [3.63, 3.8) is 0 Å². The van der Waals surface area contributed by atoms with Gasteiger partial charge in [0.1, 0.15) is 6.61 Å². The number of nitrogens with zero attached hydrogens (tertiary/aromatic N) is 1. The van der Waals surface area contributed by atoms with E-state index in [1.807, 2.05) is 21.1 Å². The Balaban J connectivity index is 4.15. The number of carboxylic acid groups (broad SMARTS) is 1. The molecule has 2 unspecified atom stereocenters. The Morgan fingerprint density at radius 2 is 0.769 bits per heavy atom. The molecule has 0 fully saturated rings. The number of carbonyl (C=O) groups is 3. The Labute approximate surface area is 403 Å². The maximum Gasteiger partial charge on any atom is 0.362 e. The number of carbonyl (C=O) groups excluding carboxylic acids is 2. The quantitative estimate of drug-likeness (QED) is 0.0281. The molecule has 8 heteroatoms. The minimum absolute atomic E-state index is 0.0464. The minimum atomic E-state index is -0.870. The molecule has 0 amide bonds. The van der Waals surface area contributed by atoms with Gasteiger partial charge in [0.05, 0.1) is 34.4 Å². The van der Waals surface area contributed by atoms with Crippen molar-refractivity contribution in [1.82, 2.24) is 0 Å². The molecule has 0 rings (SSSR count). The van der Waals surface area contributed by atoms with E-state index in [9.17, 15) is 19.5 Å². The first-order valence-corrected chi connectivity index (χ1v) is 28.2. The van der Waals surface area contributed by atoms with Crippen molar-refractivity contribution in [2.75, 3.05) is 41.0 Å². The minimum Gasteiger partial charge on any atom is -0.477 e. The summed E-state index contributed by atoms with van der Waals surface area (Å²) in [6, 6.07) is -0.612. The van der Waals surface area contributed by atoms with E-state index in [0.717, 1.165) is 38.5 Å². The predicted molar refractivity (Wildman–Crippen MR) is 276 cm³/mol. The number of hydrogen-bond donors (Lipinski definition) is 1. The number of likely N-dealkylation sites (N-methyl/N-ethyl adjacent to an activating group) is 1. The molecular weight excluding hydrogens is 811 g/mol. The van der Waals surface area contributed by atoms with E-state index >= 15 is 0 Å². The molecule has 0 bridgehead atoms. The van der Waals surface area contributed by atoms with Gasteiger partial charge in [0.15, 0.2) is 12.1 Å². The van der Waals surface area contributed by atoms with Gasteiger partial charge >= 0.3 is 17.9 Å². The number of unbranched alkanes of at least 4 members (excludes halogenated alkanes) is 36. The highest BCUT2D eigenvalue weighted by molar-refractivity contribution is 5.72. The van der Waals surface area contributed by atoms with Crippen LogP contribution in [0.25, 0.3) is 0 Å². The summed E-state index contributed by atoms with van der Waals surface area (Å²) >= 11 is 0. The van der Waals surface area contributed by atoms with Crippen LogP contribution >= 0.6 is 0 Å². The standard InChI is InChI=1S/C57H109NO7/c1-6-8-10-12-14-16-18-20-22-24-26-27-28-30-31-33-35-37-39-41-43-45-47-55(59)64-52-53(51-63-50-49-54(57(61)62)58(3,4)5)65-56(60)48-46-44-42-40-38-36-34-32-29-25-23-21-19-17-15-13-11-9-7-2/h28,30,53-54H,6-27,29,31-52H2,1-5H3/p+1/b30-28+. The Kier molecular flexibility index (Phi) is 47.1. The summed E-state index contributed by atoms with van der Waals surface area (Å²) in [5, 5.41) is 9.67. The summed E-state index contributed by atoms with van der Waals surface area (Å²) < 4.78 is 17.4. The molecule has 0 heterocycles. The van der Waals surface area contributed by atoms with Crippen molar-refractivity contribution in [2.24, 2.45) is 0 Å². The van der Waals surface area contributed by atoms with Gasteiger partial charge in [-0.3, -0.25) is 9.59 Å². The third kappa shape index (κ3) is 46.9. The molecule has 0 radical (unpaired) electrons. The maximum absolute atomic E-state index is 12.8. The summed E-state index contributed by atoms with van der Waals surface area (Å²) in [6.07, 6.45) is 55.6. The van der Waals surface area contributed by atoms with Crippen molar-refractivity contribution < 1.29 is 38.2 Å². The summed E-state index contributed by atoms with van der Waals surface area (Å²) in [7, 11) is 5.55. The Bertz CT molecular complexity index is 1070. The fraction of sp³-hybridized carbons (Fsp3) is 0.912. The van der Waals surface area contributed by atoms with Gasteiger partial charge in [-0.1, -0.05) is 238 Å². The first kappa shape index (κ1) is 63.1. The lowest BCUT2D eigenvalue weighted by Gasteiger charge is -2.31. The third-order valence-corrected chi connectivity index (χ3v) is 13.2. The zero-order chi connectivity index (χ0) is 47.7. The number of rotatable bonds is 52. The summed E-state index contributed by atoms with van der Waals surface area (Å²) in [5.41, 5.74) is 0. The monoisotopic (exact) mass is 921 g/mol. The van der Waals surface area contributed by atoms with Crippen LogP contribution in [-0.4, -0.2) is 80.6 Å². The van der Waals surface area contributed by atoms with E-state index in [-0.39, 0.29) is 36.2 Å². The molecule has 0 aromatic carbocycles. The number of ether oxygens (including phenoxy) is 3. The van der Waals surface area contributed by atoms with Crippen LogP contribution < -0.4 is 0 Å². The highest BCUT2D eigenvalue weighted by Gasteiger charge is 2.31. The van der Waals surface area contributed by atoms with E-state index in [0.29, 0.717) is 19.3 Å². The van der Waals surface area contributed by atoms with Gasteiger partial charge in [-0.15, -0.1) is 0 Å². The maximum atomic E-state index is 12.8. The summed E-state index contributed by atoms with van der Waals surface area (Å²) in [4.78, 5) is 37.2. The first-order chi connectivity index (χ1) is 31.6. The van der Waals surface area contributed by atoms with Gasteiger partial charge in [0.2, 0.25) is 0 Å². The second-order valence-electron chi connectivity index (χ2n) is 20.6. The van der Waals surface area contributed by atoms with Crippen LogP contribution in [0.3, 0.4) is 0 Å². The van der Waals surface area contributed by atoms with E-state index in [4.69, 9.17) is 14.2 Å². The molecule has 1 N–H and O–H groups in total. The Morgan fingerprint density at radius 1 is 0.446 bits per heavy atom. The molecule has 0 aliphatic carbocycles. The molecule has 0 aliphatic rings. The number of quaternary nitrogens is 1. The second-order valence-corrected chi connectivity index (χ2v) is 20.6. The van der Waals surface area contributed by atoms with Crippen molar-refractivity contribution in [1.29, 1.82) is 0 Å². The van der Waals surface area contributed by atoms with Crippen LogP contribution in [0.2, 0.25) is 0 Å². The normalized spacial score (nSPS) is 12.8. The van der Waals surface area contributed by atoms with E-state index in [2.05, 4.69) is 26.0 Å². The molecular formula is C57H110NO7+. The molecule has 8 nitrogen and oxygen atoms in total. The van der Waals surface area contributed by atoms with E-state index in [1.54, 1.807) is 0 Å². The van der Waals surface area contributed by atoms with Crippen molar-refractivity contribution in [2.45, 2.75) is 296 Å². The molecule has 2 atom stereocenters. The topological polar surface area (TPSA) is 99.1 Å². The fourth-order valence-electron chi connectivity index (χ4n) is 8.80. The summed E-state index contributed by atoms with van der Waals surface area (Å²) in [5.74, 6) is -1.45. The van der Waals surface area contributed by atoms with Gasteiger partial charge in [-0.25, -0.2) is 4.79 Å². The third-order valence-electron chi connectivity index (χ3n) is 13.2. The molecule has 0 aromatic heterocycles. The Morgan fingerprint density at radius 3 is 1.11 bits per heavy atom. The van der Waals surface area contributed by atoms with Gasteiger partial charge in [-0.05, 0) is 38.5 Å². The molecule has 384 valence electrons. The lowest BCUT2D eigenvalue weighted by atomic mass is 10.0. The number of allylic oxidation sites excluding steroid dienone is 2. The Hall–Kier alpha value is -1.93. The molecule has 0 saturated heterocycles. The molecule has 0 aliphatic heterocycles. The molecule has 65 heavy (non-hydrogen) atoms.